The Balaban J connectivity index is 1.37. The van der Waals surface area contributed by atoms with E-state index in [0.717, 1.165) is 45.8 Å². The zero-order chi connectivity index (χ0) is 23.1. The molecule has 2 aromatic heterocycles. The summed E-state index contributed by atoms with van der Waals surface area (Å²) in [4.78, 5) is 25.0. The van der Waals surface area contributed by atoms with Gasteiger partial charge in [0.15, 0.2) is 5.82 Å². The van der Waals surface area contributed by atoms with Crippen molar-refractivity contribution in [2.45, 2.75) is 25.7 Å². The average Bonchev–Trinajstić information content (AvgIpc) is 3.33. The monoisotopic (exact) mass is 448 g/mol. The number of aryl methyl sites for hydroxylation is 1. The van der Waals surface area contributed by atoms with Crippen molar-refractivity contribution in [3.05, 3.63) is 90.1 Å². The SMILES string of the molecule is Cc1noc(C2CCN(C(=O)c3cc(-c4cccc5ccccc45)nc4ccccc34)CC2)n1. The normalized spacial score (nSPS) is 14.7. The number of carbonyl (C=O) groups excluding carboxylic acids is 1. The molecular weight excluding hydrogens is 424 g/mol. The predicted molar refractivity (Wildman–Crippen MR) is 132 cm³/mol. The molecule has 0 aliphatic carbocycles. The Labute approximate surface area is 197 Å². The molecule has 0 bridgehead atoms. The smallest absolute Gasteiger partial charge is 0.254 e. The largest absolute Gasteiger partial charge is 0.339 e. The number of fused-ring (bicyclic) bond motifs is 2. The predicted octanol–water partition coefficient (Wildman–Crippen LogP) is 5.77. The fourth-order valence-electron chi connectivity index (χ4n) is 4.92. The number of para-hydroxylation sites is 1. The topological polar surface area (TPSA) is 72.1 Å². The second kappa shape index (κ2) is 8.37. The Bertz CT molecular complexity index is 1510. The van der Waals surface area contributed by atoms with Crippen molar-refractivity contribution in [2.24, 2.45) is 0 Å². The maximum absolute atomic E-state index is 13.8. The molecule has 6 heteroatoms. The molecule has 0 atom stereocenters. The third-order valence-corrected chi connectivity index (χ3v) is 6.69. The third kappa shape index (κ3) is 3.61. The molecule has 5 aromatic rings. The van der Waals surface area contributed by atoms with Gasteiger partial charge >= 0.3 is 0 Å². The van der Waals surface area contributed by atoms with Gasteiger partial charge in [-0.15, -0.1) is 0 Å². The van der Waals surface area contributed by atoms with Gasteiger partial charge in [-0.1, -0.05) is 65.8 Å². The van der Waals surface area contributed by atoms with Crippen LogP contribution >= 0.6 is 0 Å². The van der Waals surface area contributed by atoms with E-state index in [-0.39, 0.29) is 11.8 Å². The highest BCUT2D eigenvalue weighted by atomic mass is 16.5. The second-order valence-electron chi connectivity index (χ2n) is 8.85. The summed E-state index contributed by atoms with van der Waals surface area (Å²) in [5, 5.41) is 7.08. The van der Waals surface area contributed by atoms with Crippen LogP contribution in [0.4, 0.5) is 0 Å². The number of nitrogens with zero attached hydrogens (tertiary/aromatic N) is 4. The summed E-state index contributed by atoms with van der Waals surface area (Å²) in [6.45, 7) is 3.14. The number of hydrogen-bond donors (Lipinski definition) is 0. The molecule has 0 radical (unpaired) electrons. The lowest BCUT2D eigenvalue weighted by Gasteiger charge is -2.30. The Morgan fingerprint density at radius 2 is 1.65 bits per heavy atom. The number of likely N-dealkylation sites (tertiary alicyclic amines) is 1. The van der Waals surface area contributed by atoms with Crippen molar-refractivity contribution in [3.63, 3.8) is 0 Å². The van der Waals surface area contributed by atoms with Gasteiger partial charge in [-0.2, -0.15) is 4.98 Å². The molecule has 0 unspecified atom stereocenters. The van der Waals surface area contributed by atoms with Gasteiger partial charge in [-0.3, -0.25) is 4.79 Å². The Kier molecular flexibility index (Phi) is 5.06. The number of hydrogen-bond acceptors (Lipinski definition) is 5. The highest BCUT2D eigenvalue weighted by Gasteiger charge is 2.29. The van der Waals surface area contributed by atoms with Crippen LogP contribution in [0.3, 0.4) is 0 Å². The first kappa shape index (κ1) is 20.5. The lowest BCUT2D eigenvalue weighted by Crippen LogP contribution is -2.38. The third-order valence-electron chi connectivity index (χ3n) is 6.69. The molecule has 1 amide bonds. The molecule has 3 heterocycles. The molecule has 34 heavy (non-hydrogen) atoms. The summed E-state index contributed by atoms with van der Waals surface area (Å²) >= 11 is 0. The van der Waals surface area contributed by atoms with Crippen LogP contribution in [0, 0.1) is 6.92 Å². The molecular formula is C28H24N4O2. The molecule has 6 nitrogen and oxygen atoms in total. The second-order valence-corrected chi connectivity index (χ2v) is 8.85. The first-order valence-corrected chi connectivity index (χ1v) is 11.6. The first-order chi connectivity index (χ1) is 16.7. The zero-order valence-corrected chi connectivity index (χ0v) is 18.9. The van der Waals surface area contributed by atoms with E-state index < -0.39 is 0 Å². The standard InChI is InChI=1S/C28H24N4O2/c1-18-29-27(34-31-18)20-13-15-32(16-14-20)28(33)24-17-26(30-25-12-5-4-10-23(24)25)22-11-6-8-19-7-2-3-9-21(19)22/h2-12,17,20H,13-16H2,1H3. The summed E-state index contributed by atoms with van der Waals surface area (Å²) in [6.07, 6.45) is 1.62. The molecule has 1 aliphatic heterocycles. The van der Waals surface area contributed by atoms with E-state index in [4.69, 9.17) is 9.51 Å². The van der Waals surface area contributed by atoms with Gasteiger partial charge in [0.1, 0.15) is 0 Å². The van der Waals surface area contributed by atoms with Crippen LogP contribution in [0.1, 0.15) is 40.8 Å². The highest BCUT2D eigenvalue weighted by Crippen LogP contribution is 2.32. The number of amides is 1. The Morgan fingerprint density at radius 1 is 0.912 bits per heavy atom. The van der Waals surface area contributed by atoms with Crippen molar-refractivity contribution in [3.8, 4) is 11.3 Å². The van der Waals surface area contributed by atoms with Crippen LogP contribution < -0.4 is 0 Å². The Morgan fingerprint density at radius 3 is 2.44 bits per heavy atom. The summed E-state index contributed by atoms with van der Waals surface area (Å²) in [6, 6.07) is 24.3. The van der Waals surface area contributed by atoms with Crippen molar-refractivity contribution < 1.29 is 9.32 Å². The summed E-state index contributed by atoms with van der Waals surface area (Å²) < 4.78 is 5.37. The van der Waals surface area contributed by atoms with Crippen LogP contribution in [-0.4, -0.2) is 39.0 Å². The molecule has 168 valence electrons. The molecule has 1 fully saturated rings. The molecule has 6 rings (SSSR count). The van der Waals surface area contributed by atoms with Gasteiger partial charge < -0.3 is 9.42 Å². The molecule has 0 saturated carbocycles. The van der Waals surface area contributed by atoms with E-state index in [9.17, 15) is 4.79 Å². The highest BCUT2D eigenvalue weighted by molar-refractivity contribution is 6.08. The minimum atomic E-state index is 0.0419. The van der Waals surface area contributed by atoms with Crippen LogP contribution in [0.2, 0.25) is 0 Å². The zero-order valence-electron chi connectivity index (χ0n) is 18.9. The molecule has 0 spiro atoms. The minimum absolute atomic E-state index is 0.0419. The number of piperidine rings is 1. The van der Waals surface area contributed by atoms with Crippen molar-refractivity contribution in [1.29, 1.82) is 0 Å². The maximum atomic E-state index is 13.8. The fourth-order valence-corrected chi connectivity index (χ4v) is 4.92. The number of carbonyl (C=O) groups is 1. The van der Waals surface area contributed by atoms with Gasteiger partial charge in [0.2, 0.25) is 5.89 Å². The molecule has 3 aromatic carbocycles. The van der Waals surface area contributed by atoms with E-state index in [1.807, 2.05) is 60.4 Å². The van der Waals surface area contributed by atoms with Gasteiger partial charge in [0.05, 0.1) is 16.8 Å². The lowest BCUT2D eigenvalue weighted by molar-refractivity contribution is 0.0706. The molecule has 1 saturated heterocycles. The van der Waals surface area contributed by atoms with E-state index in [1.54, 1.807) is 0 Å². The number of aromatic nitrogens is 3. The summed E-state index contributed by atoms with van der Waals surface area (Å²) in [5.41, 5.74) is 3.37. The van der Waals surface area contributed by atoms with E-state index in [1.165, 1.54) is 0 Å². The van der Waals surface area contributed by atoms with Crippen LogP contribution in [-0.2, 0) is 0 Å². The van der Waals surface area contributed by atoms with Gasteiger partial charge in [0.25, 0.3) is 5.91 Å². The van der Waals surface area contributed by atoms with E-state index >= 15 is 0 Å². The van der Waals surface area contributed by atoms with Crippen LogP contribution in [0.5, 0.6) is 0 Å². The van der Waals surface area contributed by atoms with Gasteiger partial charge in [0, 0.05) is 30.0 Å². The number of benzene rings is 3. The van der Waals surface area contributed by atoms with Crippen molar-refractivity contribution >= 4 is 27.6 Å². The van der Waals surface area contributed by atoms with E-state index in [2.05, 4.69) is 34.4 Å². The molecule has 0 N–H and O–H groups in total. The van der Waals surface area contributed by atoms with Gasteiger partial charge in [-0.05, 0) is 42.7 Å². The average molecular weight is 449 g/mol. The number of pyridine rings is 1. The molecule has 1 aliphatic rings. The minimum Gasteiger partial charge on any atom is -0.339 e. The van der Waals surface area contributed by atoms with Crippen LogP contribution in [0.15, 0.2) is 77.3 Å². The summed E-state index contributed by atoms with van der Waals surface area (Å²) in [7, 11) is 0. The Hall–Kier alpha value is -4.06. The van der Waals surface area contributed by atoms with E-state index in [0.29, 0.717) is 30.4 Å². The van der Waals surface area contributed by atoms with Crippen LogP contribution in [0.25, 0.3) is 32.9 Å². The van der Waals surface area contributed by atoms with Gasteiger partial charge in [-0.25, -0.2) is 4.98 Å². The fraction of sp³-hybridized carbons (Fsp3) is 0.214. The number of rotatable bonds is 3. The quantitative estimate of drug-likeness (QED) is 0.351. The van der Waals surface area contributed by atoms with Crippen molar-refractivity contribution in [2.75, 3.05) is 13.1 Å². The first-order valence-electron chi connectivity index (χ1n) is 11.6. The maximum Gasteiger partial charge on any atom is 0.254 e. The lowest BCUT2D eigenvalue weighted by atomic mass is 9.95. The summed E-state index contributed by atoms with van der Waals surface area (Å²) in [5.74, 6) is 1.57. The van der Waals surface area contributed by atoms with Crippen molar-refractivity contribution in [1.82, 2.24) is 20.0 Å².